The Bertz CT molecular complexity index is 3300. The number of hydrogen-bond acceptors (Lipinski definition) is 13. The Kier molecular flexibility index (Phi) is 19.9. The number of morpholine rings is 1. The Labute approximate surface area is 518 Å². The van der Waals surface area contributed by atoms with Crippen LogP contribution in [0, 0.1) is 23.4 Å². The van der Waals surface area contributed by atoms with Crippen molar-refractivity contribution in [3.8, 4) is 0 Å². The van der Waals surface area contributed by atoms with Gasteiger partial charge >= 0.3 is 12.2 Å². The van der Waals surface area contributed by atoms with Gasteiger partial charge in [0.1, 0.15) is 52.5 Å². The first-order valence-electron chi connectivity index (χ1n) is 30.6. The molecular formula is C66H84F3N9O11. The summed E-state index contributed by atoms with van der Waals surface area (Å²) in [4.78, 5) is 112. The van der Waals surface area contributed by atoms with Crippen LogP contribution in [0.25, 0.3) is 0 Å². The summed E-state index contributed by atoms with van der Waals surface area (Å²) in [6.45, 7) is 20.9. The number of rotatable bonds is 15. The van der Waals surface area contributed by atoms with Crippen LogP contribution in [0.4, 0.5) is 39.8 Å². The molecule has 7 amide bonds. The smallest absolute Gasteiger partial charge is 0.410 e. The highest BCUT2D eigenvalue weighted by atomic mass is 19.1. The molecule has 89 heavy (non-hydrogen) atoms. The molecule has 4 aromatic carbocycles. The van der Waals surface area contributed by atoms with E-state index in [0.717, 1.165) is 34.2 Å². The van der Waals surface area contributed by atoms with Crippen molar-refractivity contribution in [2.75, 3.05) is 88.3 Å². The minimum Gasteiger partial charge on any atom is -0.444 e. The second-order valence-corrected chi connectivity index (χ2v) is 26.5. The van der Waals surface area contributed by atoms with Crippen LogP contribution in [0.3, 0.4) is 0 Å². The van der Waals surface area contributed by atoms with Crippen LogP contribution in [0.15, 0.2) is 78.9 Å². The Hall–Kier alpha value is -7.60. The average Bonchev–Trinajstić information content (AvgIpc) is 1.64. The van der Waals surface area contributed by atoms with Crippen molar-refractivity contribution >= 4 is 58.8 Å². The maximum absolute atomic E-state index is 15.4. The second kappa shape index (κ2) is 26.8. The van der Waals surface area contributed by atoms with E-state index in [0.29, 0.717) is 75.5 Å². The van der Waals surface area contributed by atoms with E-state index in [1.165, 1.54) is 37.1 Å². The predicted molar refractivity (Wildman–Crippen MR) is 327 cm³/mol. The lowest BCUT2D eigenvalue weighted by Gasteiger charge is -2.47. The van der Waals surface area contributed by atoms with Crippen molar-refractivity contribution < 1.29 is 65.7 Å². The molecule has 4 aromatic rings. The molecule has 3 saturated heterocycles. The number of benzene rings is 4. The van der Waals surface area contributed by atoms with Crippen molar-refractivity contribution in [2.45, 2.75) is 148 Å². The zero-order chi connectivity index (χ0) is 64.4. The van der Waals surface area contributed by atoms with E-state index in [1.807, 2.05) is 45.9 Å². The molecule has 5 aliphatic rings. The van der Waals surface area contributed by atoms with Crippen LogP contribution in [0.1, 0.15) is 116 Å². The van der Waals surface area contributed by atoms with Gasteiger partial charge < -0.3 is 49.6 Å². The molecule has 0 spiro atoms. The van der Waals surface area contributed by atoms with Gasteiger partial charge in [-0.2, -0.15) is 0 Å². The fourth-order valence-electron chi connectivity index (χ4n) is 12.4. The second-order valence-electron chi connectivity index (χ2n) is 26.5. The van der Waals surface area contributed by atoms with E-state index in [4.69, 9.17) is 18.9 Å². The molecule has 480 valence electrons. The molecule has 5 aliphatic heterocycles. The summed E-state index contributed by atoms with van der Waals surface area (Å²) in [6, 6.07) is 15.1. The number of anilines is 3. The van der Waals surface area contributed by atoms with Crippen LogP contribution < -0.4 is 20.9 Å². The van der Waals surface area contributed by atoms with Crippen LogP contribution >= 0.6 is 0 Å². The van der Waals surface area contributed by atoms with Crippen LogP contribution in [0.2, 0.25) is 0 Å². The van der Waals surface area contributed by atoms with Crippen molar-refractivity contribution in [3.05, 3.63) is 124 Å². The lowest BCUT2D eigenvalue weighted by molar-refractivity contribution is -0.144. The molecule has 5 heterocycles. The fraction of sp³-hybridized carbons (Fsp3) is 0.530. The first-order chi connectivity index (χ1) is 42.0. The normalized spacial score (nSPS) is 22.3. The zero-order valence-electron chi connectivity index (χ0n) is 52.8. The largest absolute Gasteiger partial charge is 0.444 e. The summed E-state index contributed by atoms with van der Waals surface area (Å²) in [6.07, 6.45) is -0.119. The van der Waals surface area contributed by atoms with Gasteiger partial charge in [-0.25, -0.2) is 22.8 Å². The molecule has 3 N–H and O–H groups in total. The monoisotopic (exact) mass is 1240 g/mol. The van der Waals surface area contributed by atoms with Gasteiger partial charge in [0.25, 0.3) is 5.91 Å². The van der Waals surface area contributed by atoms with Gasteiger partial charge in [-0.15, -0.1) is 0 Å². The molecule has 9 rings (SSSR count). The first kappa shape index (κ1) is 65.8. The Morgan fingerprint density at radius 2 is 1.45 bits per heavy atom. The third-order valence-electron chi connectivity index (χ3n) is 17.5. The number of piperazine rings is 1. The van der Waals surface area contributed by atoms with E-state index in [9.17, 15) is 23.6 Å². The summed E-state index contributed by atoms with van der Waals surface area (Å²) in [5, 5.41) is 8.30. The number of fused-ring (bicyclic) bond motifs is 2. The molecule has 5 unspecified atom stereocenters. The number of nitrogens with zero attached hydrogens (tertiary/aromatic N) is 6. The minimum atomic E-state index is -1.56. The summed E-state index contributed by atoms with van der Waals surface area (Å²) in [5.41, 5.74) is -0.195. The van der Waals surface area contributed by atoms with Crippen LogP contribution in [-0.4, -0.2) is 180 Å². The molecule has 20 nitrogen and oxygen atoms in total. The number of ether oxygens (including phenoxy) is 4. The van der Waals surface area contributed by atoms with Gasteiger partial charge in [-0.05, 0) is 165 Å². The molecule has 3 fully saturated rings. The quantitative estimate of drug-likeness (QED) is 0.103. The van der Waals surface area contributed by atoms with Crippen molar-refractivity contribution in [1.82, 2.24) is 29.8 Å². The number of carbonyl (C=O) groups is 7. The summed E-state index contributed by atoms with van der Waals surface area (Å²) in [5.74, 6) is -6.17. The molecule has 0 aliphatic carbocycles. The third-order valence-corrected chi connectivity index (χ3v) is 17.5. The number of para-hydroxylation sites is 1. The highest BCUT2D eigenvalue weighted by molar-refractivity contribution is 6.07. The Morgan fingerprint density at radius 3 is 2.11 bits per heavy atom. The number of carbonyl (C=O) groups excluding carboxylic acids is 7. The highest BCUT2D eigenvalue weighted by Crippen LogP contribution is 2.44. The maximum atomic E-state index is 15.4. The molecular weight excluding hydrogens is 1150 g/mol. The number of nitrogens with one attached hydrogen (secondary N) is 3. The fourth-order valence-corrected chi connectivity index (χ4v) is 12.4. The van der Waals surface area contributed by atoms with Crippen molar-refractivity contribution in [3.63, 3.8) is 0 Å². The molecule has 7 atom stereocenters. The Balaban J connectivity index is 1.02. The van der Waals surface area contributed by atoms with Crippen LogP contribution in [-0.2, 0) is 61.3 Å². The standard InChI is InChI=1S/C66H84F3N9O11/c1-39-32-75(48(34-74-25-28-87-37-40(74)2)35-76(39)63(85)89-65(7,8)9)36-54(79)78-38-66(10,50-22-17-43(30-53(50)78)29-42-15-19-46(67)20-16-42)61(83)70-47-21-18-45-33-77(57(49(45)31-47)59(81)72-56-51(68)13-12-14-52(56)69)60(82)55(44-23-26-86-27-24-44)71-58(80)41(3)73(11)62(84)88-64(4,5)6/h12-22,30-31,39-41,44,48,55,57H,23-29,32-38H2,1-11H3,(H,70,83)(H,71,80)(H,72,81)/t39?,40?,41-,48-,55?,57?,66?/m0/s1. The van der Waals surface area contributed by atoms with Gasteiger partial charge in [0, 0.05) is 89.0 Å². The van der Waals surface area contributed by atoms with E-state index in [-0.39, 0.29) is 73.9 Å². The predicted octanol–water partition coefficient (Wildman–Crippen LogP) is 8.16. The van der Waals surface area contributed by atoms with Crippen LogP contribution in [0.5, 0.6) is 0 Å². The lowest BCUT2D eigenvalue weighted by atomic mass is 9.82. The Morgan fingerprint density at radius 1 is 0.775 bits per heavy atom. The van der Waals surface area contributed by atoms with Gasteiger partial charge in [0.05, 0.1) is 25.2 Å². The molecule has 23 heteroatoms. The average molecular weight is 1240 g/mol. The molecule has 0 radical (unpaired) electrons. The van der Waals surface area contributed by atoms with Gasteiger partial charge in [-0.1, -0.05) is 36.4 Å². The van der Waals surface area contributed by atoms with Gasteiger partial charge in [-0.3, -0.25) is 38.7 Å². The topological polar surface area (TPSA) is 212 Å². The zero-order valence-corrected chi connectivity index (χ0v) is 52.8. The third kappa shape index (κ3) is 15.2. The van der Waals surface area contributed by atoms with E-state index in [2.05, 4.69) is 32.7 Å². The minimum absolute atomic E-state index is 0.0588. The van der Waals surface area contributed by atoms with Crippen molar-refractivity contribution in [2.24, 2.45) is 5.92 Å². The summed E-state index contributed by atoms with van der Waals surface area (Å²) in [7, 11) is 1.40. The molecule has 0 saturated carbocycles. The lowest BCUT2D eigenvalue weighted by Crippen LogP contribution is -2.64. The van der Waals surface area contributed by atoms with E-state index < -0.39 is 93.8 Å². The summed E-state index contributed by atoms with van der Waals surface area (Å²) >= 11 is 0. The van der Waals surface area contributed by atoms with Gasteiger partial charge in [0.15, 0.2) is 0 Å². The number of hydrogen-bond donors (Lipinski definition) is 3. The number of likely N-dealkylation sites (N-methyl/N-ethyl adjacent to an activating group) is 1. The molecule has 0 aromatic heterocycles. The van der Waals surface area contributed by atoms with Crippen molar-refractivity contribution in [1.29, 1.82) is 0 Å². The van der Waals surface area contributed by atoms with Gasteiger partial charge in [0.2, 0.25) is 23.6 Å². The first-order valence-corrected chi connectivity index (χ1v) is 30.6. The maximum Gasteiger partial charge on any atom is 0.410 e. The van der Waals surface area contributed by atoms with E-state index in [1.54, 1.807) is 61.8 Å². The number of halogens is 3. The molecule has 0 bridgehead atoms. The highest BCUT2D eigenvalue weighted by Gasteiger charge is 2.49. The van der Waals surface area contributed by atoms with E-state index >= 15 is 23.2 Å². The summed E-state index contributed by atoms with van der Waals surface area (Å²) < 4.78 is 67.5. The SMILES string of the molecule is CC1COCCN1C[C@H]1CN(C(=O)OC(C)(C)C)C(C)CN1CC(=O)N1CC(C)(C(=O)Nc2ccc3c(c2)C(C(=O)Nc2c(F)cccc2F)N(C(=O)C(NC(=O)[C@H](C)N(C)C(=O)OC(C)(C)C)C2CCOCC2)C3)c2ccc(Cc3ccc(F)cc3)cc21. The number of amides is 7.